The molecule has 0 unspecified atom stereocenters. The number of amides is 2. The number of rotatable bonds is 6. The lowest BCUT2D eigenvalue weighted by Gasteiger charge is -2.32. The Hall–Kier alpha value is -3.26. The first-order valence-corrected chi connectivity index (χ1v) is 11.8. The van der Waals surface area contributed by atoms with Crippen LogP contribution in [0.15, 0.2) is 48.5 Å². The first kappa shape index (κ1) is 22.9. The van der Waals surface area contributed by atoms with Gasteiger partial charge in [-0.15, -0.1) is 11.3 Å². The fourth-order valence-corrected chi connectivity index (χ4v) is 4.82. The molecule has 0 aliphatic carbocycles. The zero-order chi connectivity index (χ0) is 23.4. The normalized spacial score (nSPS) is 14.2. The maximum Gasteiger partial charge on any atom is 0.263 e. The van der Waals surface area contributed by atoms with Crippen LogP contribution in [0.25, 0.3) is 10.6 Å². The van der Waals surface area contributed by atoms with Crippen LogP contribution in [0.4, 0.5) is 4.39 Å². The van der Waals surface area contributed by atoms with Crippen molar-refractivity contribution in [3.63, 3.8) is 0 Å². The molecule has 1 N–H and O–H groups in total. The predicted octanol–water partition coefficient (Wildman–Crippen LogP) is 4.69. The average molecular weight is 468 g/mol. The Labute approximate surface area is 196 Å². The molecule has 172 valence electrons. The molecule has 0 bridgehead atoms. The van der Waals surface area contributed by atoms with Crippen LogP contribution in [0, 0.1) is 12.7 Å². The molecule has 3 aromatic rings. The molecule has 1 fully saturated rings. The molecular weight excluding hydrogens is 441 g/mol. The zero-order valence-electron chi connectivity index (χ0n) is 18.6. The second-order valence-corrected chi connectivity index (χ2v) is 8.94. The van der Waals surface area contributed by atoms with Crippen molar-refractivity contribution in [3.05, 3.63) is 70.5 Å². The predicted molar refractivity (Wildman–Crippen MR) is 126 cm³/mol. The van der Waals surface area contributed by atoms with E-state index in [2.05, 4.69) is 10.3 Å². The van der Waals surface area contributed by atoms with Gasteiger partial charge in [-0.05, 0) is 75.2 Å². The molecule has 1 aromatic heterocycles. The summed E-state index contributed by atoms with van der Waals surface area (Å²) in [5.74, 6) is 0.272. The molecule has 6 nitrogen and oxygen atoms in total. The van der Waals surface area contributed by atoms with Gasteiger partial charge in [-0.2, -0.15) is 0 Å². The van der Waals surface area contributed by atoms with Crippen LogP contribution >= 0.6 is 11.3 Å². The molecule has 2 aromatic carbocycles. The number of benzene rings is 2. The molecule has 4 rings (SSSR count). The van der Waals surface area contributed by atoms with Gasteiger partial charge < -0.3 is 15.0 Å². The SMILES string of the molecule is CCOc1ccc(C(=O)N2CCC(NC(=O)c3sc(-c4ccc(F)cc4)nc3C)CC2)cc1. The van der Waals surface area contributed by atoms with Gasteiger partial charge >= 0.3 is 0 Å². The molecule has 0 atom stereocenters. The molecule has 1 saturated heterocycles. The third kappa shape index (κ3) is 5.39. The second-order valence-electron chi connectivity index (χ2n) is 7.94. The summed E-state index contributed by atoms with van der Waals surface area (Å²) in [5, 5.41) is 3.78. The number of halogens is 1. The largest absolute Gasteiger partial charge is 0.494 e. The van der Waals surface area contributed by atoms with Crippen LogP contribution in [0.1, 0.15) is 45.5 Å². The van der Waals surface area contributed by atoms with Gasteiger partial charge in [0.2, 0.25) is 0 Å². The highest BCUT2D eigenvalue weighted by Gasteiger charge is 2.26. The van der Waals surface area contributed by atoms with Gasteiger partial charge in [0, 0.05) is 30.3 Å². The van der Waals surface area contributed by atoms with Crippen molar-refractivity contribution in [1.29, 1.82) is 0 Å². The molecule has 2 heterocycles. The van der Waals surface area contributed by atoms with Crippen LogP contribution in [0.2, 0.25) is 0 Å². The van der Waals surface area contributed by atoms with Gasteiger partial charge in [0.1, 0.15) is 21.5 Å². The molecule has 0 saturated carbocycles. The Morgan fingerprint density at radius 3 is 2.42 bits per heavy atom. The van der Waals surface area contributed by atoms with E-state index in [1.54, 1.807) is 43.3 Å². The first-order valence-electron chi connectivity index (χ1n) is 11.0. The van der Waals surface area contributed by atoms with Crippen molar-refractivity contribution in [1.82, 2.24) is 15.2 Å². The zero-order valence-corrected chi connectivity index (χ0v) is 19.5. The number of hydrogen-bond donors (Lipinski definition) is 1. The Kier molecular flexibility index (Phi) is 7.03. The monoisotopic (exact) mass is 467 g/mol. The van der Waals surface area contributed by atoms with E-state index in [1.165, 1.54) is 23.5 Å². The molecule has 1 aliphatic rings. The quantitative estimate of drug-likeness (QED) is 0.571. The molecular formula is C25H26FN3O3S. The molecule has 33 heavy (non-hydrogen) atoms. The highest BCUT2D eigenvalue weighted by Crippen LogP contribution is 2.28. The number of ether oxygens (including phenoxy) is 1. The minimum absolute atomic E-state index is 0.00217. The van der Waals surface area contributed by atoms with Gasteiger partial charge in [0.15, 0.2) is 0 Å². The van der Waals surface area contributed by atoms with Crippen LogP contribution in [-0.2, 0) is 0 Å². The average Bonchev–Trinajstić information content (AvgIpc) is 3.22. The molecule has 0 spiro atoms. The minimum Gasteiger partial charge on any atom is -0.494 e. The van der Waals surface area contributed by atoms with Gasteiger partial charge in [-0.1, -0.05) is 0 Å². The lowest BCUT2D eigenvalue weighted by molar-refractivity contribution is 0.0698. The molecule has 1 aliphatic heterocycles. The highest BCUT2D eigenvalue weighted by atomic mass is 32.1. The van der Waals surface area contributed by atoms with Crippen molar-refractivity contribution in [2.75, 3.05) is 19.7 Å². The summed E-state index contributed by atoms with van der Waals surface area (Å²) in [6, 6.07) is 13.3. The summed E-state index contributed by atoms with van der Waals surface area (Å²) in [4.78, 5) is 32.5. The smallest absolute Gasteiger partial charge is 0.263 e. The van der Waals surface area contributed by atoms with Crippen molar-refractivity contribution < 1.29 is 18.7 Å². The summed E-state index contributed by atoms with van der Waals surface area (Å²) in [6.07, 6.45) is 1.38. The van der Waals surface area contributed by atoms with E-state index < -0.39 is 0 Å². The molecule has 0 radical (unpaired) electrons. The van der Waals surface area contributed by atoms with E-state index in [1.807, 2.05) is 11.8 Å². The topological polar surface area (TPSA) is 71.5 Å². The number of piperidine rings is 1. The lowest BCUT2D eigenvalue weighted by Crippen LogP contribution is -2.46. The van der Waals surface area contributed by atoms with E-state index >= 15 is 0 Å². The summed E-state index contributed by atoms with van der Waals surface area (Å²) in [5.41, 5.74) is 2.07. The van der Waals surface area contributed by atoms with Crippen LogP contribution in [0.5, 0.6) is 5.75 Å². The third-order valence-electron chi connectivity index (χ3n) is 5.62. The standard InChI is InChI=1S/C25H26FN3O3S/c1-3-32-21-10-6-18(7-11-21)25(31)29-14-12-20(13-15-29)28-23(30)22-16(2)27-24(33-22)17-4-8-19(26)9-5-17/h4-11,20H,3,12-15H2,1-2H3,(H,28,30). The molecule has 2 amide bonds. The maximum atomic E-state index is 13.2. The number of thiazole rings is 1. The van der Waals surface area contributed by atoms with Crippen molar-refractivity contribution in [2.45, 2.75) is 32.7 Å². The first-order chi connectivity index (χ1) is 15.9. The van der Waals surface area contributed by atoms with Gasteiger partial charge in [0.25, 0.3) is 11.8 Å². The van der Waals surface area contributed by atoms with Crippen LogP contribution in [-0.4, -0.2) is 47.4 Å². The number of nitrogens with zero attached hydrogens (tertiary/aromatic N) is 2. The fraction of sp³-hybridized carbons (Fsp3) is 0.320. The fourth-order valence-electron chi connectivity index (χ4n) is 3.84. The Morgan fingerprint density at radius 2 is 1.79 bits per heavy atom. The Balaban J connectivity index is 1.33. The van der Waals surface area contributed by atoms with E-state index in [0.29, 0.717) is 53.7 Å². The van der Waals surface area contributed by atoms with E-state index in [4.69, 9.17) is 4.74 Å². The van der Waals surface area contributed by atoms with Gasteiger partial charge in [-0.3, -0.25) is 9.59 Å². The molecule has 8 heteroatoms. The Morgan fingerprint density at radius 1 is 1.12 bits per heavy atom. The number of aromatic nitrogens is 1. The number of likely N-dealkylation sites (tertiary alicyclic amines) is 1. The van der Waals surface area contributed by atoms with Crippen LogP contribution < -0.4 is 10.1 Å². The van der Waals surface area contributed by atoms with E-state index in [0.717, 1.165) is 11.3 Å². The summed E-state index contributed by atoms with van der Waals surface area (Å²) < 4.78 is 18.6. The number of carbonyl (C=O) groups excluding carboxylic acids is 2. The number of aryl methyl sites for hydroxylation is 1. The van der Waals surface area contributed by atoms with Crippen molar-refractivity contribution in [2.24, 2.45) is 0 Å². The summed E-state index contributed by atoms with van der Waals surface area (Å²) >= 11 is 1.30. The number of hydrogen-bond acceptors (Lipinski definition) is 5. The van der Waals surface area contributed by atoms with Gasteiger partial charge in [-0.25, -0.2) is 9.37 Å². The number of nitrogens with one attached hydrogen (secondary N) is 1. The summed E-state index contributed by atoms with van der Waals surface area (Å²) in [7, 11) is 0. The van der Waals surface area contributed by atoms with Crippen molar-refractivity contribution >= 4 is 23.2 Å². The summed E-state index contributed by atoms with van der Waals surface area (Å²) in [6.45, 7) is 5.47. The third-order valence-corrected chi connectivity index (χ3v) is 6.83. The van der Waals surface area contributed by atoms with E-state index in [9.17, 15) is 14.0 Å². The second kappa shape index (κ2) is 10.1. The maximum absolute atomic E-state index is 13.2. The lowest BCUT2D eigenvalue weighted by atomic mass is 10.0. The van der Waals surface area contributed by atoms with Crippen molar-refractivity contribution in [3.8, 4) is 16.3 Å². The highest BCUT2D eigenvalue weighted by molar-refractivity contribution is 7.17. The van der Waals surface area contributed by atoms with Gasteiger partial charge in [0.05, 0.1) is 12.3 Å². The number of carbonyl (C=O) groups is 2. The van der Waals surface area contributed by atoms with E-state index in [-0.39, 0.29) is 23.7 Å². The minimum atomic E-state index is -0.308. The Bertz CT molecular complexity index is 1120. The van der Waals surface area contributed by atoms with Crippen LogP contribution in [0.3, 0.4) is 0 Å².